The molecular formula is C37H44N6O8Si. The van der Waals surface area contributed by atoms with Gasteiger partial charge < -0.3 is 29.9 Å². The molecule has 0 unspecified atom stereocenters. The molecule has 1 aromatic heterocycles. The summed E-state index contributed by atoms with van der Waals surface area (Å²) in [5.74, 6) is -0.464. The highest BCUT2D eigenvalue weighted by atomic mass is 28.3. The predicted octanol–water partition coefficient (Wildman–Crippen LogP) is 3.90. The van der Waals surface area contributed by atoms with E-state index < -0.39 is 36.7 Å². The average Bonchev–Trinajstić information content (AvgIpc) is 3.77. The van der Waals surface area contributed by atoms with E-state index in [1.54, 1.807) is 53.2 Å². The first kappa shape index (κ1) is 36.8. The summed E-state index contributed by atoms with van der Waals surface area (Å²) >= 11 is 0. The Morgan fingerprint density at radius 3 is 2.50 bits per heavy atom. The molecule has 2 amide bonds. The van der Waals surface area contributed by atoms with Crippen LogP contribution in [0.1, 0.15) is 37.1 Å². The molecule has 6 rings (SSSR count). The van der Waals surface area contributed by atoms with Crippen LogP contribution < -0.4 is 20.1 Å². The first-order chi connectivity index (χ1) is 24.8. The van der Waals surface area contributed by atoms with Crippen LogP contribution in [0.25, 0.3) is 0 Å². The van der Waals surface area contributed by atoms with E-state index in [0.717, 1.165) is 16.5 Å². The highest BCUT2D eigenvalue weighted by molar-refractivity contribution is 6.91. The fourth-order valence-electron chi connectivity index (χ4n) is 7.90. The number of nitrogens with zero attached hydrogens (tertiary/aromatic N) is 5. The number of nitro benzene ring substituents is 1. The molecule has 15 heteroatoms. The Bertz CT molecular complexity index is 1950. The van der Waals surface area contributed by atoms with Crippen LogP contribution in [-0.2, 0) is 39.4 Å². The zero-order valence-electron chi connectivity index (χ0n) is 29.9. The summed E-state index contributed by atoms with van der Waals surface area (Å²) in [6.45, 7) is 8.52. The third kappa shape index (κ3) is 6.72. The third-order valence-corrected chi connectivity index (χ3v) is 14.9. The number of rotatable bonds is 13. The highest BCUT2D eigenvalue weighted by Crippen LogP contribution is 2.60. The summed E-state index contributed by atoms with van der Waals surface area (Å²) in [4.78, 5) is 40.3. The minimum atomic E-state index is -2.47. The largest absolute Gasteiger partial charge is 0.497 e. The summed E-state index contributed by atoms with van der Waals surface area (Å²) < 4.78 is 14.3. The number of carbonyl (C=O) groups excluding carboxylic acids is 2. The maximum Gasteiger partial charge on any atom is 0.269 e. The van der Waals surface area contributed by atoms with E-state index in [9.17, 15) is 25.1 Å². The molecule has 1 saturated heterocycles. The number of benzene rings is 3. The molecule has 4 aromatic rings. The molecule has 3 N–H and O–H groups in total. The maximum atomic E-state index is 15.1. The Morgan fingerprint density at radius 1 is 1.15 bits per heavy atom. The Kier molecular flexibility index (Phi) is 10.3. The van der Waals surface area contributed by atoms with Crippen LogP contribution in [0.3, 0.4) is 0 Å². The fraction of sp³-hybridized carbons (Fsp3) is 0.405. The number of anilines is 2. The second-order valence-corrected chi connectivity index (χ2v) is 18.8. The molecule has 0 bridgehead atoms. The molecule has 0 aliphatic carbocycles. The number of aliphatic hydroxyl groups excluding tert-OH is 2. The number of hydrogen-bond acceptors (Lipinski definition) is 10. The molecule has 1 spiro atoms. The number of hydrogen-bond donors (Lipinski definition) is 3. The van der Waals surface area contributed by atoms with E-state index >= 15 is 4.79 Å². The summed E-state index contributed by atoms with van der Waals surface area (Å²) in [6.07, 6.45) is 1.10. The van der Waals surface area contributed by atoms with Crippen molar-refractivity contribution in [3.8, 4) is 5.75 Å². The Labute approximate surface area is 302 Å². The molecule has 52 heavy (non-hydrogen) atoms. The van der Waals surface area contributed by atoms with Gasteiger partial charge in [-0.15, -0.1) is 5.10 Å². The molecule has 2 aliphatic heterocycles. The van der Waals surface area contributed by atoms with Gasteiger partial charge in [-0.2, -0.15) is 0 Å². The second-order valence-electron chi connectivity index (χ2n) is 14.1. The van der Waals surface area contributed by atoms with Gasteiger partial charge in [-0.3, -0.25) is 24.4 Å². The van der Waals surface area contributed by atoms with Gasteiger partial charge in [-0.1, -0.05) is 54.7 Å². The summed E-state index contributed by atoms with van der Waals surface area (Å²) in [5.41, 5.74) is 1.21. The molecule has 14 nitrogen and oxygen atoms in total. The quantitative estimate of drug-likeness (QED) is 0.104. The van der Waals surface area contributed by atoms with Gasteiger partial charge in [0.25, 0.3) is 17.5 Å². The van der Waals surface area contributed by atoms with E-state index in [1.807, 2.05) is 19.1 Å². The van der Waals surface area contributed by atoms with Crippen molar-refractivity contribution in [2.24, 2.45) is 5.92 Å². The van der Waals surface area contributed by atoms with Gasteiger partial charge in [-0.25, -0.2) is 0 Å². The molecule has 0 saturated carbocycles. The van der Waals surface area contributed by atoms with Crippen molar-refractivity contribution in [2.45, 2.75) is 76.2 Å². The number of fused-ring (bicyclic) bond motifs is 2. The number of nitro groups is 1. The van der Waals surface area contributed by atoms with Crippen molar-refractivity contribution in [3.63, 3.8) is 0 Å². The molecule has 274 valence electrons. The van der Waals surface area contributed by atoms with Crippen molar-refractivity contribution in [1.82, 2.24) is 15.0 Å². The number of aryl methyl sites for hydroxylation is 1. The molecule has 1 fully saturated rings. The van der Waals surface area contributed by atoms with Crippen LogP contribution in [0.2, 0.25) is 18.6 Å². The molecular weight excluding hydrogens is 685 g/mol. The van der Waals surface area contributed by atoms with E-state index in [-0.39, 0.29) is 36.2 Å². The van der Waals surface area contributed by atoms with Gasteiger partial charge in [0.15, 0.2) is 5.60 Å². The van der Waals surface area contributed by atoms with E-state index in [0.29, 0.717) is 42.0 Å². The summed E-state index contributed by atoms with van der Waals surface area (Å²) in [6, 6.07) is 19.5. The third-order valence-electron chi connectivity index (χ3n) is 10.6. The summed E-state index contributed by atoms with van der Waals surface area (Å²) in [5, 5.41) is 43.3. The second kappa shape index (κ2) is 14.6. The van der Waals surface area contributed by atoms with Crippen molar-refractivity contribution >= 4 is 42.1 Å². The van der Waals surface area contributed by atoms with Crippen LogP contribution in [-0.4, -0.2) is 75.9 Å². The van der Waals surface area contributed by atoms with Crippen LogP contribution in [0.15, 0.2) is 72.9 Å². The maximum absolute atomic E-state index is 15.1. The lowest BCUT2D eigenvalue weighted by atomic mass is 9.82. The topological polar surface area (TPSA) is 182 Å². The zero-order chi connectivity index (χ0) is 37.4. The number of aliphatic hydroxyl groups is 2. The van der Waals surface area contributed by atoms with E-state index in [2.05, 4.69) is 40.9 Å². The number of ether oxygens (including phenoxy) is 2. The van der Waals surface area contributed by atoms with Crippen molar-refractivity contribution < 1.29 is 34.2 Å². The van der Waals surface area contributed by atoms with Crippen LogP contribution >= 0.6 is 0 Å². The number of methoxy groups -OCH3 is 1. The van der Waals surface area contributed by atoms with Crippen molar-refractivity contribution in [1.29, 1.82) is 0 Å². The minimum Gasteiger partial charge on any atom is -0.497 e. The Balaban J connectivity index is 1.40. The molecule has 2 aliphatic rings. The lowest BCUT2D eigenvalue weighted by molar-refractivity contribution is -0.385. The lowest BCUT2D eigenvalue weighted by Crippen LogP contribution is -2.51. The van der Waals surface area contributed by atoms with Crippen LogP contribution in [0.4, 0.5) is 17.1 Å². The number of carbonyl (C=O) groups is 2. The SMILES string of the molecule is COc1ccc([Si](C)(C)[C@H]2[C@H](CCn3cc(CCO)nn3)O[C@@]3(C(=O)N(Cc4ccc(NC(=O)[C@H](C)O)cc4)c4ccc([N+](=O)[O-])cc43)[C@@H]2C)cc1. The number of aromatic nitrogens is 3. The monoisotopic (exact) mass is 728 g/mol. The molecule has 0 radical (unpaired) electrons. The van der Waals surface area contributed by atoms with Crippen molar-refractivity contribution in [2.75, 3.05) is 23.9 Å². The van der Waals surface area contributed by atoms with Gasteiger partial charge >= 0.3 is 0 Å². The van der Waals surface area contributed by atoms with Crippen molar-refractivity contribution in [3.05, 3.63) is 99.9 Å². The summed E-state index contributed by atoms with van der Waals surface area (Å²) in [7, 11) is -0.850. The number of nitrogens with one attached hydrogen (secondary N) is 1. The Hall–Kier alpha value is -4.96. The normalized spacial score (nSPS) is 21.7. The van der Waals surface area contributed by atoms with Gasteiger partial charge in [0.1, 0.15) is 11.9 Å². The van der Waals surface area contributed by atoms with E-state index in [4.69, 9.17) is 9.47 Å². The fourth-order valence-corrected chi connectivity index (χ4v) is 12.0. The smallest absolute Gasteiger partial charge is 0.269 e. The standard InChI is InChI=1S/C37H44N6O8Si/c1-23-34(52(4,5)30-13-11-29(50-3)12-14-30)33(16-18-41-22-27(17-19-44)39-40-41)51-37(23)31-20-28(43(48)49)10-15-32(31)42(36(37)47)21-25-6-8-26(9-7-25)38-35(46)24(2)45/h6-15,20,22-24,33-34,44-45H,16-19,21H2,1-5H3,(H,38,46)/t23-,24+,33+,34-,37+/m1/s1. The molecule has 3 heterocycles. The Morgan fingerprint density at radius 2 is 1.87 bits per heavy atom. The molecule has 5 atom stereocenters. The van der Waals surface area contributed by atoms with Gasteiger partial charge in [-0.05, 0) is 54.8 Å². The van der Waals surface area contributed by atoms with Gasteiger partial charge in [0.05, 0.1) is 44.1 Å². The zero-order valence-corrected chi connectivity index (χ0v) is 30.9. The first-order valence-corrected chi connectivity index (χ1v) is 20.4. The molecule has 3 aromatic carbocycles. The van der Waals surface area contributed by atoms with Gasteiger partial charge in [0, 0.05) is 55.1 Å². The van der Waals surface area contributed by atoms with E-state index in [1.165, 1.54) is 19.1 Å². The first-order valence-electron chi connectivity index (χ1n) is 17.3. The minimum absolute atomic E-state index is 0.0396. The van der Waals surface area contributed by atoms with Gasteiger partial charge in [0.2, 0.25) is 0 Å². The lowest BCUT2D eigenvalue weighted by Gasteiger charge is -2.37. The van der Waals surface area contributed by atoms with Crippen LogP contribution in [0.5, 0.6) is 5.75 Å². The number of amides is 2. The average molecular weight is 729 g/mol. The predicted molar refractivity (Wildman–Crippen MR) is 196 cm³/mol. The number of non-ortho nitro benzene ring substituents is 1. The highest BCUT2D eigenvalue weighted by Gasteiger charge is 2.66. The van der Waals surface area contributed by atoms with Crippen LogP contribution in [0, 0.1) is 16.0 Å².